The Bertz CT molecular complexity index is 487. The Balaban J connectivity index is 2.08. The zero-order valence-electron chi connectivity index (χ0n) is 8.90. The Morgan fingerprint density at radius 1 is 1.13 bits per heavy atom. The van der Waals surface area contributed by atoms with E-state index in [9.17, 15) is 0 Å². The van der Waals surface area contributed by atoms with E-state index in [1.54, 1.807) is 0 Å². The van der Waals surface area contributed by atoms with Crippen molar-refractivity contribution in [2.45, 2.75) is 19.3 Å². The van der Waals surface area contributed by atoms with Crippen LogP contribution in [0.2, 0.25) is 0 Å². The molecule has 1 aromatic carbocycles. The van der Waals surface area contributed by atoms with Crippen molar-refractivity contribution in [2.75, 3.05) is 0 Å². The van der Waals surface area contributed by atoms with Gasteiger partial charge in [-0.05, 0) is 30.0 Å². The molecule has 0 radical (unpaired) electrons. The molecule has 74 valence electrons. The first kappa shape index (κ1) is 8.72. The molecule has 0 aromatic heterocycles. The van der Waals surface area contributed by atoms with Gasteiger partial charge in [0.25, 0.3) is 0 Å². The van der Waals surface area contributed by atoms with Crippen LogP contribution in [-0.4, -0.2) is 0 Å². The van der Waals surface area contributed by atoms with Gasteiger partial charge in [0.15, 0.2) is 0 Å². The standard InChI is InChI=1S/C15H14/c1-11-5-4-8-13(11)15-10-9-12-6-2-3-7-14(12)15/h2-4,6-10,15H,5H2,1H3. The van der Waals surface area contributed by atoms with E-state index < -0.39 is 0 Å². The maximum atomic E-state index is 2.32. The highest BCUT2D eigenvalue weighted by Gasteiger charge is 2.21. The van der Waals surface area contributed by atoms with Crippen LogP contribution in [0.3, 0.4) is 0 Å². The van der Waals surface area contributed by atoms with E-state index in [0.29, 0.717) is 5.92 Å². The molecule has 1 atom stereocenters. The van der Waals surface area contributed by atoms with Gasteiger partial charge in [0.2, 0.25) is 0 Å². The van der Waals surface area contributed by atoms with E-state index in [0.717, 1.165) is 6.42 Å². The predicted octanol–water partition coefficient (Wildman–Crippen LogP) is 4.07. The van der Waals surface area contributed by atoms with Crippen molar-refractivity contribution in [1.82, 2.24) is 0 Å². The van der Waals surface area contributed by atoms with Gasteiger partial charge >= 0.3 is 0 Å². The van der Waals surface area contributed by atoms with Crippen LogP contribution >= 0.6 is 0 Å². The molecule has 2 aliphatic rings. The van der Waals surface area contributed by atoms with Gasteiger partial charge in [-0.25, -0.2) is 0 Å². The Labute approximate surface area is 90.6 Å². The molecule has 0 fully saturated rings. The third-order valence-corrected chi connectivity index (χ3v) is 3.35. The number of benzene rings is 1. The Hall–Kier alpha value is -1.56. The largest absolute Gasteiger partial charge is 0.0802 e. The first-order valence-electron chi connectivity index (χ1n) is 5.49. The molecule has 3 rings (SSSR count). The number of hydrogen-bond acceptors (Lipinski definition) is 0. The van der Waals surface area contributed by atoms with Crippen LogP contribution < -0.4 is 0 Å². The van der Waals surface area contributed by atoms with Gasteiger partial charge in [0.05, 0.1) is 0 Å². The fourth-order valence-corrected chi connectivity index (χ4v) is 2.51. The molecule has 0 heteroatoms. The van der Waals surface area contributed by atoms with Gasteiger partial charge < -0.3 is 0 Å². The quantitative estimate of drug-likeness (QED) is 0.632. The van der Waals surface area contributed by atoms with Crippen LogP contribution in [0.25, 0.3) is 6.08 Å². The predicted molar refractivity (Wildman–Crippen MR) is 64.7 cm³/mol. The van der Waals surface area contributed by atoms with E-state index in [1.165, 1.54) is 22.3 Å². The summed E-state index contributed by atoms with van der Waals surface area (Å²) in [7, 11) is 0. The van der Waals surface area contributed by atoms with Gasteiger partial charge in [-0.3, -0.25) is 0 Å². The lowest BCUT2D eigenvalue weighted by Crippen LogP contribution is -1.96. The monoisotopic (exact) mass is 194 g/mol. The van der Waals surface area contributed by atoms with Crippen molar-refractivity contribution < 1.29 is 0 Å². The second-order valence-corrected chi connectivity index (χ2v) is 4.31. The fraction of sp³-hybridized carbons (Fsp3) is 0.200. The van der Waals surface area contributed by atoms with E-state index in [2.05, 4.69) is 55.5 Å². The molecular formula is C15H14. The van der Waals surface area contributed by atoms with Crippen LogP contribution in [0, 0.1) is 0 Å². The van der Waals surface area contributed by atoms with Gasteiger partial charge in [-0.1, -0.05) is 54.1 Å². The number of fused-ring (bicyclic) bond motifs is 1. The summed E-state index contributed by atoms with van der Waals surface area (Å²) in [5.41, 5.74) is 5.85. The van der Waals surface area contributed by atoms with Crippen LogP contribution in [0.5, 0.6) is 0 Å². The normalized spacial score (nSPS) is 22.6. The zero-order chi connectivity index (χ0) is 10.3. The summed E-state index contributed by atoms with van der Waals surface area (Å²) < 4.78 is 0. The lowest BCUT2D eigenvalue weighted by atomic mass is 9.91. The average molecular weight is 194 g/mol. The highest BCUT2D eigenvalue weighted by Crippen LogP contribution is 2.39. The van der Waals surface area contributed by atoms with Gasteiger partial charge in [0.1, 0.15) is 0 Å². The Morgan fingerprint density at radius 3 is 2.80 bits per heavy atom. The van der Waals surface area contributed by atoms with Crippen LogP contribution in [0.1, 0.15) is 30.4 Å². The maximum Gasteiger partial charge on any atom is 0.0278 e. The fourth-order valence-electron chi connectivity index (χ4n) is 2.51. The Kier molecular flexibility index (Phi) is 1.88. The molecule has 0 N–H and O–H groups in total. The van der Waals surface area contributed by atoms with Crippen LogP contribution in [-0.2, 0) is 0 Å². The summed E-state index contributed by atoms with van der Waals surface area (Å²) in [5, 5.41) is 0. The number of hydrogen-bond donors (Lipinski definition) is 0. The highest BCUT2D eigenvalue weighted by molar-refractivity contribution is 5.66. The van der Waals surface area contributed by atoms with Crippen molar-refractivity contribution in [1.29, 1.82) is 0 Å². The topological polar surface area (TPSA) is 0 Å². The van der Waals surface area contributed by atoms with E-state index in [-0.39, 0.29) is 0 Å². The molecule has 1 aromatic rings. The molecule has 0 spiro atoms. The van der Waals surface area contributed by atoms with Crippen molar-refractivity contribution >= 4 is 6.08 Å². The maximum absolute atomic E-state index is 2.32. The second-order valence-electron chi connectivity index (χ2n) is 4.31. The minimum Gasteiger partial charge on any atom is -0.0802 e. The van der Waals surface area contributed by atoms with Crippen molar-refractivity contribution in [3.05, 3.63) is 64.8 Å². The van der Waals surface area contributed by atoms with E-state index in [1.807, 2.05) is 0 Å². The summed E-state index contributed by atoms with van der Waals surface area (Å²) >= 11 is 0. The molecule has 15 heavy (non-hydrogen) atoms. The summed E-state index contributed by atoms with van der Waals surface area (Å²) in [6.45, 7) is 2.24. The number of rotatable bonds is 1. The van der Waals surface area contributed by atoms with Gasteiger partial charge in [0, 0.05) is 5.92 Å². The van der Waals surface area contributed by atoms with Crippen molar-refractivity contribution in [3.63, 3.8) is 0 Å². The second kappa shape index (κ2) is 3.23. The van der Waals surface area contributed by atoms with Gasteiger partial charge in [-0.15, -0.1) is 0 Å². The lowest BCUT2D eigenvalue weighted by molar-refractivity contribution is 1.02. The smallest absolute Gasteiger partial charge is 0.0278 e. The van der Waals surface area contributed by atoms with Crippen LogP contribution in [0.4, 0.5) is 0 Å². The first-order chi connectivity index (χ1) is 7.36. The van der Waals surface area contributed by atoms with Gasteiger partial charge in [-0.2, -0.15) is 0 Å². The third-order valence-electron chi connectivity index (χ3n) is 3.35. The highest BCUT2D eigenvalue weighted by atomic mass is 14.3. The van der Waals surface area contributed by atoms with Crippen molar-refractivity contribution in [3.8, 4) is 0 Å². The molecule has 1 unspecified atom stereocenters. The zero-order valence-corrected chi connectivity index (χ0v) is 8.90. The van der Waals surface area contributed by atoms with E-state index >= 15 is 0 Å². The molecule has 0 aliphatic heterocycles. The summed E-state index contributed by atoms with van der Waals surface area (Å²) in [6, 6.07) is 8.68. The molecule has 0 saturated carbocycles. The SMILES string of the molecule is CC1=C(C2C=Cc3ccccc32)C=CC1. The molecule has 0 bridgehead atoms. The third kappa shape index (κ3) is 1.29. The summed E-state index contributed by atoms with van der Waals surface area (Å²) in [4.78, 5) is 0. The molecular weight excluding hydrogens is 180 g/mol. The minimum atomic E-state index is 0.500. The first-order valence-corrected chi connectivity index (χ1v) is 5.49. The average Bonchev–Trinajstić information content (AvgIpc) is 2.83. The van der Waals surface area contributed by atoms with Crippen LogP contribution in [0.15, 0.2) is 53.6 Å². The Morgan fingerprint density at radius 2 is 2.00 bits per heavy atom. The number of allylic oxidation sites excluding steroid dienone is 5. The van der Waals surface area contributed by atoms with E-state index in [4.69, 9.17) is 0 Å². The molecule has 0 amide bonds. The molecule has 2 aliphatic carbocycles. The minimum absolute atomic E-state index is 0.500. The van der Waals surface area contributed by atoms with Crippen molar-refractivity contribution in [2.24, 2.45) is 0 Å². The summed E-state index contributed by atoms with van der Waals surface area (Å²) in [5.74, 6) is 0.500. The molecule has 0 saturated heterocycles. The lowest BCUT2D eigenvalue weighted by Gasteiger charge is -2.12. The summed E-state index contributed by atoms with van der Waals surface area (Å²) in [6.07, 6.45) is 10.2. The molecule has 0 heterocycles. The molecule has 0 nitrogen and oxygen atoms in total.